The molecule has 2 heteroatoms. The molecule has 18 heavy (non-hydrogen) atoms. The minimum atomic E-state index is 0.807. The molecule has 2 nitrogen and oxygen atoms in total. The molecular weight excluding hydrogens is 220 g/mol. The molecule has 1 aliphatic carbocycles. The van der Waals surface area contributed by atoms with Crippen molar-refractivity contribution in [3.05, 3.63) is 0 Å². The van der Waals surface area contributed by atoms with E-state index in [1.54, 1.807) is 0 Å². The highest BCUT2D eigenvalue weighted by molar-refractivity contribution is 4.83. The molecule has 1 heterocycles. The van der Waals surface area contributed by atoms with Gasteiger partial charge in [0.25, 0.3) is 0 Å². The summed E-state index contributed by atoms with van der Waals surface area (Å²) >= 11 is 0. The molecule has 2 aliphatic rings. The van der Waals surface area contributed by atoms with E-state index in [1.165, 1.54) is 84.0 Å². The van der Waals surface area contributed by atoms with E-state index in [2.05, 4.69) is 17.1 Å². The molecule has 0 spiro atoms. The van der Waals surface area contributed by atoms with Gasteiger partial charge in [0.05, 0.1) is 0 Å². The lowest BCUT2D eigenvalue weighted by Crippen LogP contribution is -2.44. The number of rotatable bonds is 5. The van der Waals surface area contributed by atoms with Gasteiger partial charge in [0.2, 0.25) is 0 Å². The normalized spacial score (nSPS) is 31.2. The Labute approximate surface area is 114 Å². The first-order valence-electron chi connectivity index (χ1n) is 8.36. The van der Waals surface area contributed by atoms with E-state index in [9.17, 15) is 0 Å². The second-order valence-corrected chi connectivity index (χ2v) is 6.32. The summed E-state index contributed by atoms with van der Waals surface area (Å²) in [5.41, 5.74) is 0. The largest absolute Gasteiger partial charge is 0.314 e. The molecule has 0 bridgehead atoms. The van der Waals surface area contributed by atoms with Gasteiger partial charge in [-0.1, -0.05) is 32.6 Å². The summed E-state index contributed by atoms with van der Waals surface area (Å²) in [4.78, 5) is 2.75. The van der Waals surface area contributed by atoms with Crippen LogP contribution >= 0.6 is 0 Å². The molecular formula is C16H32N2. The SMILES string of the molecule is CCCNC1CCCCC1CN1CCCCCC1. The van der Waals surface area contributed by atoms with Gasteiger partial charge < -0.3 is 10.2 Å². The Morgan fingerprint density at radius 3 is 2.39 bits per heavy atom. The predicted molar refractivity (Wildman–Crippen MR) is 78.9 cm³/mol. The van der Waals surface area contributed by atoms with Gasteiger partial charge >= 0.3 is 0 Å². The third kappa shape index (κ3) is 4.55. The second kappa shape index (κ2) is 8.16. The van der Waals surface area contributed by atoms with E-state index < -0.39 is 0 Å². The maximum absolute atomic E-state index is 3.80. The van der Waals surface area contributed by atoms with Crippen LogP contribution in [0.2, 0.25) is 0 Å². The fraction of sp³-hybridized carbons (Fsp3) is 1.00. The maximum Gasteiger partial charge on any atom is 0.0107 e. The number of hydrogen-bond acceptors (Lipinski definition) is 2. The minimum Gasteiger partial charge on any atom is -0.314 e. The zero-order valence-corrected chi connectivity index (χ0v) is 12.3. The van der Waals surface area contributed by atoms with Crippen LogP contribution in [-0.2, 0) is 0 Å². The van der Waals surface area contributed by atoms with Crippen LogP contribution in [0.3, 0.4) is 0 Å². The quantitative estimate of drug-likeness (QED) is 0.806. The highest BCUT2D eigenvalue weighted by Crippen LogP contribution is 2.26. The molecule has 0 aromatic carbocycles. The van der Waals surface area contributed by atoms with Crippen molar-refractivity contribution in [1.82, 2.24) is 10.2 Å². The number of hydrogen-bond donors (Lipinski definition) is 1. The van der Waals surface area contributed by atoms with E-state index in [1.807, 2.05) is 0 Å². The van der Waals surface area contributed by atoms with Gasteiger partial charge in [0.1, 0.15) is 0 Å². The van der Waals surface area contributed by atoms with Crippen LogP contribution in [0.25, 0.3) is 0 Å². The molecule has 0 aromatic heterocycles. The summed E-state index contributed by atoms with van der Waals surface area (Å²) in [6.45, 7) is 7.57. The molecule has 2 fully saturated rings. The Morgan fingerprint density at radius 2 is 1.67 bits per heavy atom. The van der Waals surface area contributed by atoms with Gasteiger partial charge in [0.15, 0.2) is 0 Å². The Hall–Kier alpha value is -0.0800. The minimum absolute atomic E-state index is 0.807. The van der Waals surface area contributed by atoms with Crippen molar-refractivity contribution >= 4 is 0 Å². The lowest BCUT2D eigenvalue weighted by Gasteiger charge is -2.36. The second-order valence-electron chi connectivity index (χ2n) is 6.32. The lowest BCUT2D eigenvalue weighted by molar-refractivity contribution is 0.171. The van der Waals surface area contributed by atoms with Crippen molar-refractivity contribution in [2.45, 2.75) is 70.8 Å². The summed E-state index contributed by atoms with van der Waals surface area (Å²) in [6, 6.07) is 0.807. The molecule has 1 aliphatic heterocycles. The molecule has 2 rings (SSSR count). The van der Waals surface area contributed by atoms with Crippen LogP contribution in [0.1, 0.15) is 64.7 Å². The summed E-state index contributed by atoms with van der Waals surface area (Å²) in [5, 5.41) is 3.80. The smallest absolute Gasteiger partial charge is 0.0107 e. The van der Waals surface area contributed by atoms with Crippen molar-refractivity contribution in [3.63, 3.8) is 0 Å². The van der Waals surface area contributed by atoms with Crippen LogP contribution in [0.5, 0.6) is 0 Å². The lowest BCUT2D eigenvalue weighted by atomic mass is 9.84. The first-order chi connectivity index (χ1) is 8.90. The molecule has 1 saturated carbocycles. The molecule has 2 unspecified atom stereocenters. The molecule has 1 N–H and O–H groups in total. The molecule has 1 saturated heterocycles. The van der Waals surface area contributed by atoms with E-state index in [0.717, 1.165) is 12.0 Å². The molecule has 2 atom stereocenters. The van der Waals surface area contributed by atoms with Crippen LogP contribution in [-0.4, -0.2) is 37.1 Å². The van der Waals surface area contributed by atoms with E-state index >= 15 is 0 Å². The standard InChI is InChI=1S/C16H32N2/c1-2-11-17-16-10-6-5-9-15(16)14-18-12-7-3-4-8-13-18/h15-17H,2-14H2,1H3. The van der Waals surface area contributed by atoms with Gasteiger partial charge in [-0.2, -0.15) is 0 Å². The fourth-order valence-electron chi connectivity index (χ4n) is 3.68. The summed E-state index contributed by atoms with van der Waals surface area (Å²) in [7, 11) is 0. The van der Waals surface area contributed by atoms with Crippen molar-refractivity contribution < 1.29 is 0 Å². The third-order valence-electron chi connectivity index (χ3n) is 4.76. The van der Waals surface area contributed by atoms with Crippen LogP contribution in [0.15, 0.2) is 0 Å². The van der Waals surface area contributed by atoms with E-state index in [0.29, 0.717) is 0 Å². The monoisotopic (exact) mass is 252 g/mol. The maximum atomic E-state index is 3.80. The molecule has 0 radical (unpaired) electrons. The van der Waals surface area contributed by atoms with Crippen LogP contribution in [0, 0.1) is 5.92 Å². The molecule has 106 valence electrons. The van der Waals surface area contributed by atoms with Crippen LogP contribution < -0.4 is 5.32 Å². The number of nitrogens with one attached hydrogen (secondary N) is 1. The zero-order valence-electron chi connectivity index (χ0n) is 12.3. The topological polar surface area (TPSA) is 15.3 Å². The number of nitrogens with zero attached hydrogens (tertiary/aromatic N) is 1. The Balaban J connectivity index is 1.79. The average molecular weight is 252 g/mol. The van der Waals surface area contributed by atoms with Gasteiger partial charge in [-0.3, -0.25) is 0 Å². The third-order valence-corrected chi connectivity index (χ3v) is 4.76. The highest BCUT2D eigenvalue weighted by Gasteiger charge is 2.26. The van der Waals surface area contributed by atoms with Crippen LogP contribution in [0.4, 0.5) is 0 Å². The van der Waals surface area contributed by atoms with E-state index in [-0.39, 0.29) is 0 Å². The average Bonchev–Trinajstić information content (AvgIpc) is 2.66. The van der Waals surface area contributed by atoms with Gasteiger partial charge in [-0.25, -0.2) is 0 Å². The summed E-state index contributed by atoms with van der Waals surface area (Å²) < 4.78 is 0. The van der Waals surface area contributed by atoms with Crippen molar-refractivity contribution in [2.75, 3.05) is 26.2 Å². The van der Waals surface area contributed by atoms with Gasteiger partial charge in [0, 0.05) is 12.6 Å². The summed E-state index contributed by atoms with van der Waals surface area (Å²) in [5.74, 6) is 0.920. The number of likely N-dealkylation sites (tertiary alicyclic amines) is 1. The highest BCUT2D eigenvalue weighted by atomic mass is 15.1. The van der Waals surface area contributed by atoms with Gasteiger partial charge in [-0.05, 0) is 57.7 Å². The predicted octanol–water partition coefficient (Wildman–Crippen LogP) is 3.42. The first-order valence-corrected chi connectivity index (χ1v) is 8.36. The Morgan fingerprint density at radius 1 is 0.944 bits per heavy atom. The van der Waals surface area contributed by atoms with Crippen molar-refractivity contribution in [3.8, 4) is 0 Å². The first kappa shape index (κ1) is 14.3. The van der Waals surface area contributed by atoms with Crippen molar-refractivity contribution in [1.29, 1.82) is 0 Å². The van der Waals surface area contributed by atoms with E-state index in [4.69, 9.17) is 0 Å². The zero-order chi connectivity index (χ0) is 12.6. The Kier molecular flexibility index (Phi) is 6.50. The summed E-state index contributed by atoms with van der Waals surface area (Å²) in [6.07, 6.45) is 12.8. The Bertz CT molecular complexity index is 209. The molecule has 0 amide bonds. The van der Waals surface area contributed by atoms with Crippen molar-refractivity contribution in [2.24, 2.45) is 5.92 Å². The molecule has 0 aromatic rings. The fourth-order valence-corrected chi connectivity index (χ4v) is 3.68. The van der Waals surface area contributed by atoms with Gasteiger partial charge in [-0.15, -0.1) is 0 Å².